The molecule has 82 valence electrons. The average Bonchev–Trinajstić information content (AvgIpc) is 2.64. The van der Waals surface area contributed by atoms with Crippen molar-refractivity contribution in [1.82, 2.24) is 14.9 Å². The lowest BCUT2D eigenvalue weighted by molar-refractivity contribution is -0.140. The SMILES string of the molecule is COC(=O)CCNC(=O)c1cn(C)cn1. The van der Waals surface area contributed by atoms with E-state index in [1.54, 1.807) is 17.8 Å². The number of hydrogen-bond donors (Lipinski definition) is 1. The van der Waals surface area contributed by atoms with Gasteiger partial charge >= 0.3 is 5.97 Å². The van der Waals surface area contributed by atoms with E-state index in [1.165, 1.54) is 13.4 Å². The van der Waals surface area contributed by atoms with Gasteiger partial charge < -0.3 is 14.6 Å². The summed E-state index contributed by atoms with van der Waals surface area (Å²) < 4.78 is 6.11. The molecular weight excluding hydrogens is 198 g/mol. The van der Waals surface area contributed by atoms with Crippen molar-refractivity contribution >= 4 is 11.9 Å². The molecule has 0 aromatic carbocycles. The Balaban J connectivity index is 2.34. The van der Waals surface area contributed by atoms with Gasteiger partial charge in [0.25, 0.3) is 5.91 Å². The fraction of sp³-hybridized carbons (Fsp3) is 0.444. The van der Waals surface area contributed by atoms with Crippen LogP contribution in [0.25, 0.3) is 0 Å². The summed E-state index contributed by atoms with van der Waals surface area (Å²) in [5.41, 5.74) is 0.336. The lowest BCUT2D eigenvalue weighted by Crippen LogP contribution is -2.26. The second-order valence-corrected chi connectivity index (χ2v) is 3.01. The van der Waals surface area contributed by atoms with Crippen LogP contribution < -0.4 is 5.32 Å². The molecule has 0 saturated heterocycles. The Morgan fingerprint density at radius 1 is 1.60 bits per heavy atom. The molecule has 1 heterocycles. The number of aryl methyl sites for hydroxylation is 1. The standard InChI is InChI=1S/C9H13N3O3/c1-12-5-7(11-6-12)9(14)10-4-3-8(13)15-2/h5-6H,3-4H2,1-2H3,(H,10,14). The topological polar surface area (TPSA) is 73.2 Å². The quantitative estimate of drug-likeness (QED) is 0.695. The third kappa shape index (κ3) is 3.41. The van der Waals surface area contributed by atoms with Gasteiger partial charge in [-0.15, -0.1) is 0 Å². The van der Waals surface area contributed by atoms with Crippen molar-refractivity contribution in [3.05, 3.63) is 18.2 Å². The van der Waals surface area contributed by atoms with E-state index in [2.05, 4.69) is 15.0 Å². The molecule has 1 rings (SSSR count). The van der Waals surface area contributed by atoms with Gasteiger partial charge in [0.05, 0.1) is 19.9 Å². The van der Waals surface area contributed by atoms with E-state index in [1.807, 2.05) is 0 Å². The monoisotopic (exact) mass is 211 g/mol. The number of imidazole rings is 1. The highest BCUT2D eigenvalue weighted by Crippen LogP contribution is 1.93. The summed E-state index contributed by atoms with van der Waals surface area (Å²) in [6.07, 6.45) is 3.30. The normalized spacial score (nSPS) is 9.73. The molecular formula is C9H13N3O3. The molecule has 6 heteroatoms. The minimum Gasteiger partial charge on any atom is -0.469 e. The molecule has 1 aromatic rings. The first-order valence-electron chi connectivity index (χ1n) is 4.46. The van der Waals surface area contributed by atoms with Crippen molar-refractivity contribution in [3.63, 3.8) is 0 Å². The number of methoxy groups -OCH3 is 1. The lowest BCUT2D eigenvalue weighted by Gasteiger charge is -2.01. The molecule has 0 aliphatic carbocycles. The number of rotatable bonds is 4. The number of carbonyl (C=O) groups excluding carboxylic acids is 2. The van der Waals surface area contributed by atoms with E-state index >= 15 is 0 Å². The van der Waals surface area contributed by atoms with Gasteiger partial charge in [0.15, 0.2) is 0 Å². The average molecular weight is 211 g/mol. The molecule has 6 nitrogen and oxygen atoms in total. The van der Waals surface area contributed by atoms with Crippen LogP contribution in [0.2, 0.25) is 0 Å². The maximum absolute atomic E-state index is 11.4. The van der Waals surface area contributed by atoms with Gasteiger partial charge in [0, 0.05) is 19.8 Å². The largest absolute Gasteiger partial charge is 0.469 e. The van der Waals surface area contributed by atoms with Crippen LogP contribution in [0, 0.1) is 0 Å². The minimum atomic E-state index is -0.351. The first kappa shape index (κ1) is 11.2. The van der Waals surface area contributed by atoms with Gasteiger partial charge in [0.2, 0.25) is 0 Å². The molecule has 0 radical (unpaired) electrons. The third-order valence-electron chi connectivity index (χ3n) is 1.78. The highest BCUT2D eigenvalue weighted by Gasteiger charge is 2.08. The van der Waals surface area contributed by atoms with Gasteiger partial charge in [-0.25, -0.2) is 4.98 Å². The fourth-order valence-corrected chi connectivity index (χ4v) is 1.00. The highest BCUT2D eigenvalue weighted by atomic mass is 16.5. The van der Waals surface area contributed by atoms with Crippen LogP contribution in [0.15, 0.2) is 12.5 Å². The molecule has 0 bridgehead atoms. The van der Waals surface area contributed by atoms with Crippen molar-refractivity contribution in [2.24, 2.45) is 7.05 Å². The molecule has 0 saturated carbocycles. The zero-order chi connectivity index (χ0) is 11.3. The van der Waals surface area contributed by atoms with E-state index in [0.717, 1.165) is 0 Å². The van der Waals surface area contributed by atoms with E-state index in [4.69, 9.17) is 0 Å². The van der Waals surface area contributed by atoms with Crippen molar-refractivity contribution in [3.8, 4) is 0 Å². The Bertz CT molecular complexity index is 359. The molecule has 0 aliphatic heterocycles. The predicted octanol–water partition coefficient (Wildman–Crippen LogP) is -0.287. The number of esters is 1. The summed E-state index contributed by atoms with van der Waals surface area (Å²) in [6, 6.07) is 0. The fourth-order valence-electron chi connectivity index (χ4n) is 1.00. The maximum atomic E-state index is 11.4. The first-order valence-corrected chi connectivity index (χ1v) is 4.46. The van der Waals surface area contributed by atoms with E-state index in [-0.39, 0.29) is 24.8 Å². The van der Waals surface area contributed by atoms with Gasteiger partial charge in [0.1, 0.15) is 5.69 Å². The van der Waals surface area contributed by atoms with Crippen molar-refractivity contribution < 1.29 is 14.3 Å². The molecule has 0 fully saturated rings. The molecule has 1 amide bonds. The Kier molecular flexibility index (Phi) is 3.84. The molecule has 0 unspecified atom stereocenters. The van der Waals surface area contributed by atoms with E-state index < -0.39 is 0 Å². The van der Waals surface area contributed by atoms with Crippen molar-refractivity contribution in [2.45, 2.75) is 6.42 Å². The summed E-state index contributed by atoms with van der Waals surface area (Å²) in [7, 11) is 3.08. The lowest BCUT2D eigenvalue weighted by atomic mass is 10.4. The first-order chi connectivity index (χ1) is 7.13. The minimum absolute atomic E-state index is 0.162. The molecule has 0 atom stereocenters. The second-order valence-electron chi connectivity index (χ2n) is 3.01. The number of amides is 1. The van der Waals surface area contributed by atoms with Gasteiger partial charge in [-0.1, -0.05) is 0 Å². The zero-order valence-corrected chi connectivity index (χ0v) is 8.69. The highest BCUT2D eigenvalue weighted by molar-refractivity contribution is 5.92. The number of nitrogens with one attached hydrogen (secondary N) is 1. The summed E-state index contributed by atoms with van der Waals surface area (Å²) in [5.74, 6) is -0.643. The smallest absolute Gasteiger partial charge is 0.307 e. The third-order valence-corrected chi connectivity index (χ3v) is 1.78. The molecule has 1 aromatic heterocycles. The summed E-state index contributed by atoms with van der Waals surface area (Å²) in [4.78, 5) is 26.0. The van der Waals surface area contributed by atoms with Crippen LogP contribution in [0.1, 0.15) is 16.9 Å². The molecule has 0 aliphatic rings. The Labute approximate surface area is 87.2 Å². The summed E-state index contributed by atoms with van der Waals surface area (Å²) in [5, 5.41) is 2.56. The summed E-state index contributed by atoms with van der Waals surface area (Å²) in [6.45, 7) is 0.252. The zero-order valence-electron chi connectivity index (χ0n) is 8.69. The van der Waals surface area contributed by atoms with Crippen molar-refractivity contribution in [1.29, 1.82) is 0 Å². The summed E-state index contributed by atoms with van der Waals surface area (Å²) >= 11 is 0. The predicted molar refractivity (Wildman–Crippen MR) is 52.2 cm³/mol. The van der Waals surface area contributed by atoms with Crippen LogP contribution >= 0.6 is 0 Å². The molecule has 1 N–H and O–H groups in total. The Morgan fingerprint density at radius 2 is 2.33 bits per heavy atom. The van der Waals surface area contributed by atoms with Gasteiger partial charge in [-0.2, -0.15) is 0 Å². The molecule has 15 heavy (non-hydrogen) atoms. The number of hydrogen-bond acceptors (Lipinski definition) is 4. The number of aromatic nitrogens is 2. The van der Waals surface area contributed by atoms with E-state index in [9.17, 15) is 9.59 Å². The van der Waals surface area contributed by atoms with Crippen molar-refractivity contribution in [2.75, 3.05) is 13.7 Å². The van der Waals surface area contributed by atoms with Crippen LogP contribution in [0.3, 0.4) is 0 Å². The van der Waals surface area contributed by atoms with Gasteiger partial charge in [-0.05, 0) is 0 Å². The van der Waals surface area contributed by atoms with Crippen LogP contribution in [0.4, 0.5) is 0 Å². The van der Waals surface area contributed by atoms with Crippen LogP contribution in [-0.2, 0) is 16.6 Å². The number of nitrogens with zero attached hydrogens (tertiary/aromatic N) is 2. The van der Waals surface area contributed by atoms with Crippen LogP contribution in [-0.4, -0.2) is 35.1 Å². The van der Waals surface area contributed by atoms with Crippen LogP contribution in [0.5, 0.6) is 0 Å². The molecule has 0 spiro atoms. The van der Waals surface area contributed by atoms with E-state index in [0.29, 0.717) is 5.69 Å². The second kappa shape index (κ2) is 5.14. The van der Waals surface area contributed by atoms with Gasteiger partial charge in [-0.3, -0.25) is 9.59 Å². The maximum Gasteiger partial charge on any atom is 0.307 e. The number of ether oxygens (including phenoxy) is 1. The Morgan fingerprint density at radius 3 is 2.87 bits per heavy atom. The number of carbonyl (C=O) groups is 2. The Hall–Kier alpha value is -1.85.